The highest BCUT2D eigenvalue weighted by atomic mass is 19.4. The molecule has 0 amide bonds. The minimum atomic E-state index is -4.68. The number of likely N-dealkylation sites (N-methyl/N-ethyl adjacent to an activating group) is 1. The maximum absolute atomic E-state index is 12.2. The molecule has 1 aromatic heterocycles. The molecule has 1 heterocycles. The maximum atomic E-state index is 12.2. The highest BCUT2D eigenvalue weighted by Crippen LogP contribution is 2.23. The zero-order valence-corrected chi connectivity index (χ0v) is 12.9. The standard InChI is InChI=1S/C16H19F3N2O2/c1-21(2)14(15-7-4-8-22-15)11-20-10-12-5-3-6-13(9-12)23-16(17,18)19/h3-9,14,20H,10-11H2,1-2H3. The van der Waals surface area contributed by atoms with Crippen molar-refractivity contribution in [3.8, 4) is 5.75 Å². The molecule has 0 saturated heterocycles. The third-order valence-corrected chi connectivity index (χ3v) is 3.29. The molecule has 0 saturated carbocycles. The molecule has 126 valence electrons. The zero-order chi connectivity index (χ0) is 16.9. The summed E-state index contributed by atoms with van der Waals surface area (Å²) in [4.78, 5) is 2.01. The molecule has 2 aromatic rings. The summed E-state index contributed by atoms with van der Waals surface area (Å²) >= 11 is 0. The molecule has 7 heteroatoms. The first-order valence-corrected chi connectivity index (χ1v) is 7.10. The number of furan rings is 1. The molecule has 0 spiro atoms. The molecule has 0 aliphatic rings. The molecule has 0 bridgehead atoms. The lowest BCUT2D eigenvalue weighted by molar-refractivity contribution is -0.274. The second-order valence-electron chi connectivity index (χ2n) is 5.32. The fourth-order valence-electron chi connectivity index (χ4n) is 2.22. The fraction of sp³-hybridized carbons (Fsp3) is 0.375. The summed E-state index contributed by atoms with van der Waals surface area (Å²) < 4.78 is 46.0. The number of ether oxygens (including phenoxy) is 1. The highest BCUT2D eigenvalue weighted by Gasteiger charge is 2.31. The van der Waals surface area contributed by atoms with E-state index in [0.717, 1.165) is 5.76 Å². The predicted molar refractivity (Wildman–Crippen MR) is 80.0 cm³/mol. The van der Waals surface area contributed by atoms with Gasteiger partial charge >= 0.3 is 6.36 Å². The SMILES string of the molecule is CN(C)C(CNCc1cccc(OC(F)(F)F)c1)c1ccco1. The van der Waals surface area contributed by atoms with Crippen LogP contribution in [0, 0.1) is 0 Å². The summed E-state index contributed by atoms with van der Waals surface area (Å²) in [6.45, 7) is 1.03. The smallest absolute Gasteiger partial charge is 0.468 e. The van der Waals surface area contributed by atoms with Crippen LogP contribution in [0.2, 0.25) is 0 Å². The molecular weight excluding hydrogens is 309 g/mol. The normalized spacial score (nSPS) is 13.3. The van der Waals surface area contributed by atoms with Crippen LogP contribution in [0.1, 0.15) is 17.4 Å². The van der Waals surface area contributed by atoms with Gasteiger partial charge in [0.1, 0.15) is 11.5 Å². The molecule has 4 nitrogen and oxygen atoms in total. The number of rotatable bonds is 7. The Morgan fingerprint density at radius 2 is 2.00 bits per heavy atom. The van der Waals surface area contributed by atoms with Crippen molar-refractivity contribution in [2.75, 3.05) is 20.6 Å². The van der Waals surface area contributed by atoms with E-state index in [-0.39, 0.29) is 11.8 Å². The molecule has 0 aliphatic carbocycles. The summed E-state index contributed by atoms with van der Waals surface area (Å²) in [5.41, 5.74) is 0.712. The largest absolute Gasteiger partial charge is 0.573 e. The van der Waals surface area contributed by atoms with Gasteiger partial charge in [-0.2, -0.15) is 0 Å². The van der Waals surface area contributed by atoms with Gasteiger partial charge in [0, 0.05) is 13.1 Å². The summed E-state index contributed by atoms with van der Waals surface area (Å²) in [6.07, 6.45) is -3.06. The van der Waals surface area contributed by atoms with E-state index in [1.165, 1.54) is 18.2 Å². The Labute approximate surface area is 132 Å². The van der Waals surface area contributed by atoms with Gasteiger partial charge < -0.3 is 14.5 Å². The Bertz CT molecular complexity index is 598. The van der Waals surface area contributed by atoms with Crippen LogP contribution in [0.4, 0.5) is 13.2 Å². The van der Waals surface area contributed by atoms with Crippen LogP contribution in [-0.4, -0.2) is 31.9 Å². The zero-order valence-electron chi connectivity index (χ0n) is 12.9. The van der Waals surface area contributed by atoms with Crippen molar-refractivity contribution in [1.29, 1.82) is 0 Å². The van der Waals surface area contributed by atoms with Gasteiger partial charge in [0.15, 0.2) is 0 Å². The van der Waals surface area contributed by atoms with Crippen LogP contribution in [0.15, 0.2) is 47.1 Å². The predicted octanol–water partition coefficient (Wildman–Crippen LogP) is 3.57. The Morgan fingerprint density at radius 1 is 1.22 bits per heavy atom. The number of nitrogens with zero attached hydrogens (tertiary/aromatic N) is 1. The van der Waals surface area contributed by atoms with Gasteiger partial charge in [-0.15, -0.1) is 13.2 Å². The molecule has 0 fully saturated rings. The summed E-state index contributed by atoms with van der Waals surface area (Å²) in [5.74, 6) is 0.614. The number of halogens is 3. The van der Waals surface area contributed by atoms with Gasteiger partial charge in [0.2, 0.25) is 0 Å². The van der Waals surface area contributed by atoms with Crippen molar-refractivity contribution < 1.29 is 22.3 Å². The number of nitrogens with one attached hydrogen (secondary N) is 1. The van der Waals surface area contributed by atoms with Crippen LogP contribution in [-0.2, 0) is 6.54 Å². The van der Waals surface area contributed by atoms with Crippen molar-refractivity contribution in [3.05, 3.63) is 54.0 Å². The van der Waals surface area contributed by atoms with E-state index in [4.69, 9.17) is 4.42 Å². The monoisotopic (exact) mass is 328 g/mol. The first-order chi connectivity index (χ1) is 10.8. The molecule has 1 atom stereocenters. The summed E-state index contributed by atoms with van der Waals surface area (Å²) in [6, 6.07) is 9.69. The van der Waals surface area contributed by atoms with Gasteiger partial charge in [0.25, 0.3) is 0 Å². The number of hydrogen-bond donors (Lipinski definition) is 1. The van der Waals surface area contributed by atoms with Crippen molar-refractivity contribution >= 4 is 0 Å². The first kappa shape index (κ1) is 17.4. The number of alkyl halides is 3. The molecule has 1 unspecified atom stereocenters. The minimum absolute atomic E-state index is 0.0413. The van der Waals surface area contributed by atoms with E-state index in [9.17, 15) is 13.2 Å². The van der Waals surface area contributed by atoms with Gasteiger partial charge in [-0.3, -0.25) is 4.90 Å². The van der Waals surface area contributed by atoms with Crippen LogP contribution >= 0.6 is 0 Å². The number of benzene rings is 1. The van der Waals surface area contributed by atoms with Crippen LogP contribution in [0.3, 0.4) is 0 Å². The van der Waals surface area contributed by atoms with Gasteiger partial charge in [-0.25, -0.2) is 0 Å². The molecule has 1 aromatic carbocycles. The lowest BCUT2D eigenvalue weighted by Crippen LogP contribution is -2.30. The van der Waals surface area contributed by atoms with Crippen LogP contribution in [0.5, 0.6) is 5.75 Å². The van der Waals surface area contributed by atoms with Crippen LogP contribution in [0.25, 0.3) is 0 Å². The fourth-order valence-corrected chi connectivity index (χ4v) is 2.22. The molecule has 0 aliphatic heterocycles. The molecule has 2 rings (SSSR count). The average Bonchev–Trinajstić information content (AvgIpc) is 2.95. The Hall–Kier alpha value is -1.99. The maximum Gasteiger partial charge on any atom is 0.573 e. The summed E-state index contributed by atoms with van der Waals surface area (Å²) in [5, 5.41) is 3.22. The second-order valence-corrected chi connectivity index (χ2v) is 5.32. The van der Waals surface area contributed by atoms with E-state index in [2.05, 4.69) is 10.1 Å². The van der Waals surface area contributed by atoms with E-state index >= 15 is 0 Å². The molecular formula is C16H19F3N2O2. The van der Waals surface area contributed by atoms with Crippen LogP contribution < -0.4 is 10.1 Å². The average molecular weight is 328 g/mol. The first-order valence-electron chi connectivity index (χ1n) is 7.10. The Kier molecular flexibility index (Phi) is 5.68. The van der Waals surface area contributed by atoms with Gasteiger partial charge in [-0.05, 0) is 43.9 Å². The topological polar surface area (TPSA) is 37.6 Å². The quantitative estimate of drug-likeness (QED) is 0.843. The third-order valence-electron chi connectivity index (χ3n) is 3.29. The second kappa shape index (κ2) is 7.52. The highest BCUT2D eigenvalue weighted by molar-refractivity contribution is 5.28. The lowest BCUT2D eigenvalue weighted by atomic mass is 10.2. The van der Waals surface area contributed by atoms with Gasteiger partial charge in [-0.1, -0.05) is 12.1 Å². The minimum Gasteiger partial charge on any atom is -0.468 e. The van der Waals surface area contributed by atoms with E-state index in [1.807, 2.05) is 31.1 Å². The Morgan fingerprint density at radius 3 is 2.61 bits per heavy atom. The van der Waals surface area contributed by atoms with Crippen molar-refractivity contribution in [2.45, 2.75) is 18.9 Å². The van der Waals surface area contributed by atoms with Crippen molar-refractivity contribution in [1.82, 2.24) is 10.2 Å². The van der Waals surface area contributed by atoms with E-state index in [1.54, 1.807) is 12.3 Å². The van der Waals surface area contributed by atoms with E-state index in [0.29, 0.717) is 18.7 Å². The van der Waals surface area contributed by atoms with Gasteiger partial charge in [0.05, 0.1) is 12.3 Å². The third kappa shape index (κ3) is 5.61. The molecule has 0 radical (unpaired) electrons. The van der Waals surface area contributed by atoms with Crippen molar-refractivity contribution in [2.24, 2.45) is 0 Å². The molecule has 1 N–H and O–H groups in total. The van der Waals surface area contributed by atoms with E-state index < -0.39 is 6.36 Å². The molecule has 23 heavy (non-hydrogen) atoms. The Balaban J connectivity index is 1.91. The lowest BCUT2D eigenvalue weighted by Gasteiger charge is -2.22. The van der Waals surface area contributed by atoms with Crippen molar-refractivity contribution in [3.63, 3.8) is 0 Å². The summed E-state index contributed by atoms with van der Waals surface area (Å²) in [7, 11) is 3.87. The number of hydrogen-bond acceptors (Lipinski definition) is 4.